The summed E-state index contributed by atoms with van der Waals surface area (Å²) in [7, 11) is 1.65. The highest BCUT2D eigenvalue weighted by atomic mass is 16.5. The molecule has 0 aliphatic carbocycles. The van der Waals surface area contributed by atoms with Crippen LogP contribution in [0.2, 0.25) is 0 Å². The van der Waals surface area contributed by atoms with Gasteiger partial charge in [-0.2, -0.15) is 0 Å². The topological polar surface area (TPSA) is 51.4 Å². The minimum atomic E-state index is 0.368. The lowest BCUT2D eigenvalue weighted by molar-refractivity contribution is 0.417. The van der Waals surface area contributed by atoms with Crippen LogP contribution in [0, 0.1) is 0 Å². The van der Waals surface area contributed by atoms with Crippen molar-refractivity contribution in [1.82, 2.24) is 4.98 Å². The first-order chi connectivity index (χ1) is 9.81. The highest BCUT2D eigenvalue weighted by molar-refractivity contribution is 5.75. The van der Waals surface area contributed by atoms with Gasteiger partial charge in [0.2, 0.25) is 0 Å². The maximum atomic E-state index is 6.23. The summed E-state index contributed by atoms with van der Waals surface area (Å²) in [4.78, 5) is 6.46. The van der Waals surface area contributed by atoms with Gasteiger partial charge in [0.25, 0.3) is 0 Å². The molecule has 2 heterocycles. The fraction of sp³-hybridized carbons (Fsp3) is 0.312. The van der Waals surface area contributed by atoms with E-state index in [4.69, 9.17) is 10.5 Å². The first-order valence-corrected chi connectivity index (χ1v) is 6.90. The number of nitrogens with two attached hydrogens (primary N) is 1. The number of benzene rings is 1. The fourth-order valence-corrected chi connectivity index (χ4v) is 2.95. The molecule has 1 atom stereocenters. The second-order valence-electron chi connectivity index (χ2n) is 5.03. The van der Waals surface area contributed by atoms with Crippen LogP contribution in [0.15, 0.2) is 42.7 Å². The van der Waals surface area contributed by atoms with Gasteiger partial charge in [0.05, 0.1) is 24.5 Å². The lowest BCUT2D eigenvalue weighted by Gasteiger charge is -2.28. The smallest absolute Gasteiger partial charge is 0.143 e. The lowest BCUT2D eigenvalue weighted by Crippen LogP contribution is -2.23. The molecular weight excluding hydrogens is 250 g/mol. The molecule has 0 radical (unpaired) electrons. The van der Waals surface area contributed by atoms with Crippen molar-refractivity contribution in [2.45, 2.75) is 18.9 Å². The summed E-state index contributed by atoms with van der Waals surface area (Å²) >= 11 is 0. The van der Waals surface area contributed by atoms with E-state index in [0.717, 1.165) is 30.1 Å². The van der Waals surface area contributed by atoms with E-state index in [9.17, 15) is 0 Å². The maximum absolute atomic E-state index is 6.23. The number of hydrogen-bond acceptors (Lipinski definition) is 4. The minimum absolute atomic E-state index is 0.368. The molecule has 2 aromatic rings. The van der Waals surface area contributed by atoms with Crippen molar-refractivity contribution in [2.75, 3.05) is 24.3 Å². The van der Waals surface area contributed by atoms with Crippen molar-refractivity contribution in [3.63, 3.8) is 0 Å². The van der Waals surface area contributed by atoms with Crippen molar-refractivity contribution >= 4 is 11.4 Å². The molecule has 1 unspecified atom stereocenters. The van der Waals surface area contributed by atoms with Gasteiger partial charge in [0.1, 0.15) is 5.75 Å². The van der Waals surface area contributed by atoms with Crippen LogP contribution >= 0.6 is 0 Å². The van der Waals surface area contributed by atoms with Gasteiger partial charge in [0.15, 0.2) is 0 Å². The van der Waals surface area contributed by atoms with Gasteiger partial charge in [0, 0.05) is 18.9 Å². The van der Waals surface area contributed by atoms with E-state index in [1.54, 1.807) is 7.11 Å². The van der Waals surface area contributed by atoms with Gasteiger partial charge in [-0.25, -0.2) is 0 Å². The first-order valence-electron chi connectivity index (χ1n) is 6.90. The zero-order chi connectivity index (χ0) is 13.9. The molecule has 0 spiro atoms. The SMILES string of the molecule is COc1cccc(N2CCCC2c2ccncc2)c1N. The molecule has 1 aliphatic rings. The molecule has 2 N–H and O–H groups in total. The number of ether oxygens (including phenoxy) is 1. The number of para-hydroxylation sites is 1. The van der Waals surface area contributed by atoms with Gasteiger partial charge in [-0.15, -0.1) is 0 Å². The molecule has 1 aromatic carbocycles. The Hall–Kier alpha value is -2.23. The zero-order valence-corrected chi connectivity index (χ0v) is 11.6. The molecule has 0 amide bonds. The predicted molar refractivity (Wildman–Crippen MR) is 81.0 cm³/mol. The van der Waals surface area contributed by atoms with Gasteiger partial charge >= 0.3 is 0 Å². The molecular formula is C16H19N3O. The second kappa shape index (κ2) is 5.41. The summed E-state index contributed by atoms with van der Waals surface area (Å²) in [6.45, 7) is 1.02. The Balaban J connectivity index is 1.97. The molecule has 20 heavy (non-hydrogen) atoms. The van der Waals surface area contributed by atoms with E-state index < -0.39 is 0 Å². The van der Waals surface area contributed by atoms with E-state index in [2.05, 4.69) is 28.1 Å². The van der Waals surface area contributed by atoms with Crippen molar-refractivity contribution in [3.8, 4) is 5.75 Å². The molecule has 1 saturated heterocycles. The molecule has 4 nitrogen and oxygen atoms in total. The summed E-state index contributed by atoms with van der Waals surface area (Å²) in [6.07, 6.45) is 6.01. The summed E-state index contributed by atoms with van der Waals surface area (Å²) in [5.41, 5.74) is 9.30. The standard InChI is InChI=1S/C16H19N3O/c1-20-15-6-2-4-14(16(15)17)19-11-3-5-13(19)12-7-9-18-10-8-12/h2,4,6-10,13H,3,5,11,17H2,1H3. The second-order valence-corrected chi connectivity index (χ2v) is 5.03. The molecule has 104 valence electrons. The number of pyridine rings is 1. The quantitative estimate of drug-likeness (QED) is 0.870. The van der Waals surface area contributed by atoms with Crippen molar-refractivity contribution in [1.29, 1.82) is 0 Å². The number of rotatable bonds is 3. The molecule has 4 heteroatoms. The number of hydrogen-bond donors (Lipinski definition) is 1. The molecule has 0 saturated carbocycles. The third-order valence-electron chi connectivity index (χ3n) is 3.92. The van der Waals surface area contributed by atoms with Crippen molar-refractivity contribution in [2.24, 2.45) is 0 Å². The van der Waals surface area contributed by atoms with Gasteiger partial charge in [-0.3, -0.25) is 4.98 Å². The Labute approximate surface area is 119 Å². The molecule has 3 rings (SSSR count). The number of nitrogens with zero attached hydrogens (tertiary/aromatic N) is 2. The van der Waals surface area contributed by atoms with E-state index in [1.165, 1.54) is 12.0 Å². The van der Waals surface area contributed by atoms with Crippen LogP contribution < -0.4 is 15.4 Å². The number of nitrogen functional groups attached to an aromatic ring is 1. The average molecular weight is 269 g/mol. The number of anilines is 2. The molecule has 1 aromatic heterocycles. The van der Waals surface area contributed by atoms with Crippen LogP contribution in [0.4, 0.5) is 11.4 Å². The highest BCUT2D eigenvalue weighted by Crippen LogP contribution is 2.41. The summed E-state index contributed by atoms with van der Waals surface area (Å²) < 4.78 is 5.32. The zero-order valence-electron chi connectivity index (χ0n) is 11.6. The summed E-state index contributed by atoms with van der Waals surface area (Å²) in [5.74, 6) is 0.739. The Kier molecular flexibility index (Phi) is 3.46. The fourth-order valence-electron chi connectivity index (χ4n) is 2.95. The number of aromatic nitrogens is 1. The third-order valence-corrected chi connectivity index (χ3v) is 3.92. The van der Waals surface area contributed by atoms with Gasteiger partial charge in [-0.1, -0.05) is 6.07 Å². The monoisotopic (exact) mass is 269 g/mol. The van der Waals surface area contributed by atoms with Crippen LogP contribution in [0.3, 0.4) is 0 Å². The number of methoxy groups -OCH3 is 1. The average Bonchev–Trinajstić information content (AvgIpc) is 2.97. The highest BCUT2D eigenvalue weighted by Gasteiger charge is 2.27. The van der Waals surface area contributed by atoms with E-state index in [1.807, 2.05) is 24.5 Å². The van der Waals surface area contributed by atoms with Crippen LogP contribution in [-0.4, -0.2) is 18.6 Å². The summed E-state index contributed by atoms with van der Waals surface area (Å²) in [5, 5.41) is 0. The first kappa shape index (κ1) is 12.8. The molecule has 1 fully saturated rings. The van der Waals surface area contributed by atoms with Gasteiger partial charge < -0.3 is 15.4 Å². The third kappa shape index (κ3) is 2.18. The van der Waals surface area contributed by atoms with E-state index in [-0.39, 0.29) is 0 Å². The summed E-state index contributed by atoms with van der Waals surface area (Å²) in [6, 6.07) is 10.5. The Morgan fingerprint density at radius 3 is 2.80 bits per heavy atom. The molecule has 0 bridgehead atoms. The van der Waals surface area contributed by atoms with Crippen molar-refractivity contribution < 1.29 is 4.74 Å². The van der Waals surface area contributed by atoms with E-state index >= 15 is 0 Å². The maximum Gasteiger partial charge on any atom is 0.143 e. The van der Waals surface area contributed by atoms with Crippen LogP contribution in [0.5, 0.6) is 5.75 Å². The van der Waals surface area contributed by atoms with Crippen LogP contribution in [0.25, 0.3) is 0 Å². The normalized spacial score (nSPS) is 18.2. The predicted octanol–water partition coefficient (Wildman–Crippen LogP) is 3.01. The Morgan fingerprint density at radius 1 is 1.25 bits per heavy atom. The van der Waals surface area contributed by atoms with Gasteiger partial charge in [-0.05, 0) is 42.7 Å². The molecule has 1 aliphatic heterocycles. The Morgan fingerprint density at radius 2 is 2.05 bits per heavy atom. The van der Waals surface area contributed by atoms with Crippen molar-refractivity contribution in [3.05, 3.63) is 48.3 Å². The largest absolute Gasteiger partial charge is 0.495 e. The Bertz CT molecular complexity index is 586. The van der Waals surface area contributed by atoms with E-state index in [0.29, 0.717) is 6.04 Å². The minimum Gasteiger partial charge on any atom is -0.495 e. The van der Waals surface area contributed by atoms with Crippen LogP contribution in [0.1, 0.15) is 24.4 Å². The lowest BCUT2D eigenvalue weighted by atomic mass is 10.1. The van der Waals surface area contributed by atoms with Crippen LogP contribution in [-0.2, 0) is 0 Å².